The van der Waals surface area contributed by atoms with Gasteiger partial charge in [-0.1, -0.05) is 18.0 Å². The van der Waals surface area contributed by atoms with Gasteiger partial charge in [0.25, 0.3) is 0 Å². The van der Waals surface area contributed by atoms with Crippen LogP contribution in [-0.4, -0.2) is 6.04 Å². The largest absolute Gasteiger partial charge is 0.271 e. The molecule has 3 atom stereocenters. The number of fused-ring (bicyclic) bond motifs is 1. The second-order valence-corrected chi connectivity index (χ2v) is 5.99. The van der Waals surface area contributed by atoms with E-state index < -0.39 is 0 Å². The summed E-state index contributed by atoms with van der Waals surface area (Å²) >= 11 is 5.92. The minimum Gasteiger partial charge on any atom is -0.271 e. The Labute approximate surface area is 112 Å². The summed E-state index contributed by atoms with van der Waals surface area (Å²) in [6.45, 7) is 0. The lowest BCUT2D eigenvalue weighted by molar-refractivity contribution is 0.405. The van der Waals surface area contributed by atoms with Gasteiger partial charge in [-0.3, -0.25) is 11.3 Å². The van der Waals surface area contributed by atoms with E-state index in [0.29, 0.717) is 22.9 Å². The Morgan fingerprint density at radius 2 is 2.11 bits per heavy atom. The van der Waals surface area contributed by atoms with Crippen molar-refractivity contribution in [2.45, 2.75) is 31.7 Å². The van der Waals surface area contributed by atoms with Gasteiger partial charge in [0.1, 0.15) is 5.82 Å². The van der Waals surface area contributed by atoms with Crippen molar-refractivity contribution in [1.82, 2.24) is 5.43 Å². The zero-order valence-corrected chi connectivity index (χ0v) is 11.0. The van der Waals surface area contributed by atoms with Crippen molar-refractivity contribution in [2.24, 2.45) is 23.6 Å². The molecule has 2 aliphatic carbocycles. The molecule has 2 fully saturated rings. The third-order valence-electron chi connectivity index (χ3n) is 4.60. The van der Waals surface area contributed by atoms with Crippen molar-refractivity contribution in [3.8, 4) is 0 Å². The predicted octanol–water partition coefficient (Wildman–Crippen LogP) is 2.90. The highest BCUT2D eigenvalue weighted by molar-refractivity contribution is 6.30. The van der Waals surface area contributed by atoms with Crippen LogP contribution in [0.25, 0.3) is 0 Å². The molecule has 0 radical (unpaired) electrons. The molecule has 0 aromatic heterocycles. The molecular formula is C14H18ClFN2. The third kappa shape index (κ3) is 2.15. The van der Waals surface area contributed by atoms with Crippen LogP contribution in [0, 0.1) is 23.6 Å². The maximum absolute atomic E-state index is 13.7. The molecule has 4 heteroatoms. The molecule has 98 valence electrons. The van der Waals surface area contributed by atoms with Crippen LogP contribution < -0.4 is 11.3 Å². The molecule has 3 unspecified atom stereocenters. The van der Waals surface area contributed by atoms with E-state index in [1.807, 2.05) is 0 Å². The first kappa shape index (κ1) is 12.4. The average molecular weight is 269 g/mol. The first-order chi connectivity index (χ1) is 8.70. The Morgan fingerprint density at radius 3 is 2.78 bits per heavy atom. The smallest absolute Gasteiger partial charge is 0.126 e. The fourth-order valence-electron chi connectivity index (χ4n) is 3.72. The third-order valence-corrected chi connectivity index (χ3v) is 4.83. The number of nitrogens with two attached hydrogens (primary N) is 1. The van der Waals surface area contributed by atoms with Gasteiger partial charge in [-0.15, -0.1) is 0 Å². The summed E-state index contributed by atoms with van der Waals surface area (Å²) in [7, 11) is 0. The van der Waals surface area contributed by atoms with Gasteiger partial charge in [-0.2, -0.15) is 0 Å². The lowest BCUT2D eigenvalue weighted by atomic mass is 9.97. The molecular weight excluding hydrogens is 251 g/mol. The Balaban J connectivity index is 1.72. The Kier molecular flexibility index (Phi) is 3.31. The number of halogens is 2. The van der Waals surface area contributed by atoms with Gasteiger partial charge in [-0.05, 0) is 60.8 Å². The fourth-order valence-corrected chi connectivity index (χ4v) is 3.91. The van der Waals surface area contributed by atoms with Gasteiger partial charge in [-0.25, -0.2) is 4.39 Å². The van der Waals surface area contributed by atoms with Gasteiger partial charge in [0.15, 0.2) is 0 Å². The number of rotatable bonds is 4. The quantitative estimate of drug-likeness (QED) is 0.651. The molecule has 18 heavy (non-hydrogen) atoms. The number of hydrogen-bond donors (Lipinski definition) is 2. The molecule has 0 heterocycles. The molecule has 1 aromatic carbocycles. The lowest BCUT2D eigenvalue weighted by Crippen LogP contribution is -2.39. The van der Waals surface area contributed by atoms with E-state index >= 15 is 0 Å². The first-order valence-electron chi connectivity index (χ1n) is 6.60. The van der Waals surface area contributed by atoms with Crippen LogP contribution in [0.15, 0.2) is 18.2 Å². The molecule has 2 nitrogen and oxygen atoms in total. The van der Waals surface area contributed by atoms with Crippen molar-refractivity contribution < 1.29 is 4.39 Å². The average Bonchev–Trinajstić information content (AvgIpc) is 2.83. The number of hydrazine groups is 1. The van der Waals surface area contributed by atoms with E-state index in [0.717, 1.165) is 11.8 Å². The second kappa shape index (κ2) is 4.80. The van der Waals surface area contributed by atoms with Crippen LogP contribution in [0.4, 0.5) is 4.39 Å². The number of benzene rings is 1. The zero-order valence-electron chi connectivity index (χ0n) is 10.2. The van der Waals surface area contributed by atoms with Crippen molar-refractivity contribution in [2.75, 3.05) is 0 Å². The minimum absolute atomic E-state index is 0.174. The highest BCUT2D eigenvalue weighted by Gasteiger charge is 2.55. The summed E-state index contributed by atoms with van der Waals surface area (Å²) in [5.41, 5.74) is 3.54. The van der Waals surface area contributed by atoms with E-state index in [1.165, 1.54) is 25.3 Å². The SMILES string of the molecule is NNC(Cc1cc(Cl)ccc1F)C1C2CCCC21. The van der Waals surface area contributed by atoms with Gasteiger partial charge in [0.05, 0.1) is 0 Å². The predicted molar refractivity (Wildman–Crippen MR) is 70.5 cm³/mol. The van der Waals surface area contributed by atoms with Crippen molar-refractivity contribution in [1.29, 1.82) is 0 Å². The number of nitrogens with one attached hydrogen (secondary N) is 1. The number of hydrogen-bond acceptors (Lipinski definition) is 2. The Hall–Kier alpha value is -0.640. The Bertz CT molecular complexity index is 441. The summed E-state index contributed by atoms with van der Waals surface area (Å²) in [5, 5.41) is 0.582. The first-order valence-corrected chi connectivity index (χ1v) is 6.98. The fraction of sp³-hybridized carbons (Fsp3) is 0.571. The molecule has 0 saturated heterocycles. The topological polar surface area (TPSA) is 38.0 Å². The normalized spacial score (nSPS) is 31.2. The van der Waals surface area contributed by atoms with E-state index in [4.69, 9.17) is 17.4 Å². The van der Waals surface area contributed by atoms with Crippen LogP contribution in [0.3, 0.4) is 0 Å². The summed E-state index contributed by atoms with van der Waals surface area (Å²) in [6, 6.07) is 4.89. The van der Waals surface area contributed by atoms with Crippen LogP contribution in [0.2, 0.25) is 5.02 Å². The van der Waals surface area contributed by atoms with Gasteiger partial charge in [0.2, 0.25) is 0 Å². The summed E-state index contributed by atoms with van der Waals surface area (Å²) in [4.78, 5) is 0. The van der Waals surface area contributed by atoms with Gasteiger partial charge >= 0.3 is 0 Å². The molecule has 0 spiro atoms. The molecule has 0 bridgehead atoms. The maximum atomic E-state index is 13.7. The zero-order chi connectivity index (χ0) is 12.7. The standard InChI is InChI=1S/C14H18ClFN2/c15-9-4-5-12(16)8(6-9)7-13(18-17)14-10-2-1-3-11(10)14/h4-6,10-11,13-14,18H,1-3,7,17H2. The van der Waals surface area contributed by atoms with E-state index in [1.54, 1.807) is 12.1 Å². The summed E-state index contributed by atoms with van der Waals surface area (Å²) in [6.07, 6.45) is 4.59. The molecule has 1 aromatic rings. The molecule has 3 rings (SSSR count). The van der Waals surface area contributed by atoms with E-state index in [9.17, 15) is 4.39 Å². The molecule has 3 N–H and O–H groups in total. The van der Waals surface area contributed by atoms with Crippen LogP contribution in [0.5, 0.6) is 0 Å². The lowest BCUT2D eigenvalue weighted by Gasteiger charge is -2.18. The van der Waals surface area contributed by atoms with Crippen molar-refractivity contribution in [3.63, 3.8) is 0 Å². The molecule has 2 saturated carbocycles. The molecule has 0 aliphatic heterocycles. The van der Waals surface area contributed by atoms with Crippen LogP contribution in [0.1, 0.15) is 24.8 Å². The second-order valence-electron chi connectivity index (χ2n) is 5.55. The van der Waals surface area contributed by atoms with Gasteiger partial charge < -0.3 is 0 Å². The highest BCUT2D eigenvalue weighted by Crippen LogP contribution is 2.59. The summed E-state index contributed by atoms with van der Waals surface area (Å²) in [5.74, 6) is 7.71. The van der Waals surface area contributed by atoms with Crippen molar-refractivity contribution >= 4 is 11.6 Å². The monoisotopic (exact) mass is 268 g/mol. The Morgan fingerprint density at radius 1 is 1.39 bits per heavy atom. The van der Waals surface area contributed by atoms with E-state index in [-0.39, 0.29) is 11.9 Å². The molecule has 2 aliphatic rings. The van der Waals surface area contributed by atoms with Gasteiger partial charge in [0, 0.05) is 11.1 Å². The summed E-state index contributed by atoms with van der Waals surface area (Å²) < 4.78 is 13.7. The van der Waals surface area contributed by atoms with Crippen LogP contribution in [-0.2, 0) is 6.42 Å². The highest BCUT2D eigenvalue weighted by atomic mass is 35.5. The molecule has 0 amide bonds. The minimum atomic E-state index is -0.189. The maximum Gasteiger partial charge on any atom is 0.126 e. The van der Waals surface area contributed by atoms with E-state index in [2.05, 4.69) is 5.43 Å². The van der Waals surface area contributed by atoms with Crippen molar-refractivity contribution in [3.05, 3.63) is 34.6 Å². The van der Waals surface area contributed by atoms with Crippen LogP contribution >= 0.6 is 11.6 Å².